The van der Waals surface area contributed by atoms with Gasteiger partial charge in [0.25, 0.3) is 5.91 Å². The molecule has 0 saturated heterocycles. The molecule has 1 aromatic heterocycles. The van der Waals surface area contributed by atoms with Crippen molar-refractivity contribution in [2.75, 3.05) is 26.4 Å². The van der Waals surface area contributed by atoms with Crippen molar-refractivity contribution in [3.8, 4) is 5.75 Å². The van der Waals surface area contributed by atoms with Crippen molar-refractivity contribution < 1.29 is 37.9 Å². The first-order valence-corrected chi connectivity index (χ1v) is 12.4. The van der Waals surface area contributed by atoms with Crippen LogP contribution in [0.4, 0.5) is 8.78 Å². The number of hydrogen-bond donors (Lipinski definition) is 2. The van der Waals surface area contributed by atoms with Gasteiger partial charge in [-0.25, -0.2) is 8.78 Å². The van der Waals surface area contributed by atoms with Crippen LogP contribution in [0, 0.1) is 17.0 Å². The fourth-order valence-corrected chi connectivity index (χ4v) is 4.12. The summed E-state index contributed by atoms with van der Waals surface area (Å²) in [6, 6.07) is 2.90. The quantitative estimate of drug-likeness (QED) is 0.313. The Morgan fingerprint density at radius 3 is 2.53 bits per heavy atom. The Balaban J connectivity index is 1.76. The maximum absolute atomic E-state index is 13.9. The zero-order valence-electron chi connectivity index (χ0n) is 21.9. The van der Waals surface area contributed by atoms with E-state index in [9.17, 15) is 28.3 Å². The predicted molar refractivity (Wildman–Crippen MR) is 132 cm³/mol. The van der Waals surface area contributed by atoms with E-state index in [0.717, 1.165) is 6.07 Å². The van der Waals surface area contributed by atoms with Crippen LogP contribution >= 0.6 is 0 Å². The minimum Gasteiger partial charge on any atom is -0.503 e. The van der Waals surface area contributed by atoms with Crippen molar-refractivity contribution in [3.05, 3.63) is 63.1 Å². The Labute approximate surface area is 219 Å². The number of amides is 1. The highest BCUT2D eigenvalue weighted by molar-refractivity contribution is 6.03. The average molecular weight is 538 g/mol. The number of nitrogens with one attached hydrogen (secondary N) is 1. The summed E-state index contributed by atoms with van der Waals surface area (Å²) in [5.41, 5.74) is -2.71. The van der Waals surface area contributed by atoms with Gasteiger partial charge in [-0.3, -0.25) is 24.1 Å². The van der Waals surface area contributed by atoms with Crippen molar-refractivity contribution in [3.63, 3.8) is 0 Å². The zero-order valence-corrected chi connectivity index (χ0v) is 21.9. The number of hydrogen-bond acceptors (Lipinski definition) is 8. The van der Waals surface area contributed by atoms with Gasteiger partial charge < -0.3 is 19.7 Å². The topological polar surface area (TPSA) is 119 Å². The van der Waals surface area contributed by atoms with E-state index in [1.165, 1.54) is 22.1 Å². The van der Waals surface area contributed by atoms with E-state index in [2.05, 4.69) is 5.32 Å². The Hall–Kier alpha value is -3.19. The Bertz CT molecular complexity index is 1230. The maximum atomic E-state index is 13.9. The van der Waals surface area contributed by atoms with Crippen molar-refractivity contribution in [2.24, 2.45) is 5.41 Å². The number of aromatic hydroxyl groups is 1. The molecule has 1 aromatic carbocycles. The van der Waals surface area contributed by atoms with Crippen molar-refractivity contribution in [1.29, 1.82) is 0 Å². The summed E-state index contributed by atoms with van der Waals surface area (Å²) < 4.78 is 34.4. The molecular formula is C26H33F2N3O7. The lowest BCUT2D eigenvalue weighted by molar-refractivity contribution is -0.365. The number of hydroxylamine groups is 2. The minimum atomic E-state index is -1.06. The smallest absolute Gasteiger partial charge is 0.257 e. The lowest BCUT2D eigenvalue weighted by Gasteiger charge is -2.39. The Kier molecular flexibility index (Phi) is 9.71. The number of carbonyl (C=O) groups excluding carboxylic acids is 2. The third-order valence-electron chi connectivity index (χ3n) is 6.27. The fourth-order valence-electron chi connectivity index (χ4n) is 4.12. The molecular weight excluding hydrogens is 504 g/mol. The van der Waals surface area contributed by atoms with Crippen molar-refractivity contribution in [2.45, 2.75) is 53.3 Å². The molecule has 1 unspecified atom stereocenters. The summed E-state index contributed by atoms with van der Waals surface area (Å²) in [6.45, 7) is 8.38. The van der Waals surface area contributed by atoms with Gasteiger partial charge in [0.05, 0.1) is 37.8 Å². The van der Waals surface area contributed by atoms with Crippen LogP contribution in [0.1, 0.15) is 60.5 Å². The van der Waals surface area contributed by atoms with Crippen LogP contribution in [0.25, 0.3) is 0 Å². The first-order chi connectivity index (χ1) is 18.0. The Morgan fingerprint density at radius 1 is 1.21 bits per heavy atom. The number of carbonyl (C=O) groups is 2. The molecule has 12 heteroatoms. The SMILES string of the molecule is CCON(CCCOC1Cn2cc(C(=O)NCc3ccc(F)cc3F)c(=O)c(O)c2C(=O)C1(C)C)OCC. The molecule has 208 valence electrons. The number of fused-ring (bicyclic) bond motifs is 1. The molecule has 0 aliphatic carbocycles. The summed E-state index contributed by atoms with van der Waals surface area (Å²) in [6.07, 6.45) is 1.10. The number of pyridine rings is 1. The average Bonchev–Trinajstić information content (AvgIpc) is 2.86. The van der Waals surface area contributed by atoms with Gasteiger partial charge in [0.15, 0.2) is 11.5 Å². The first-order valence-electron chi connectivity index (χ1n) is 12.4. The molecule has 2 aromatic rings. The number of benzene rings is 1. The van der Waals surface area contributed by atoms with E-state index >= 15 is 0 Å². The van der Waals surface area contributed by atoms with Gasteiger partial charge in [0, 0.05) is 31.0 Å². The van der Waals surface area contributed by atoms with Crippen LogP contribution in [-0.4, -0.2) is 59.1 Å². The number of Topliss-reactive ketones (excluding diaryl/α,β-unsaturated/α-hetero) is 1. The molecule has 2 heterocycles. The molecule has 2 N–H and O–H groups in total. The largest absolute Gasteiger partial charge is 0.503 e. The van der Waals surface area contributed by atoms with Crippen LogP contribution in [0.5, 0.6) is 5.75 Å². The molecule has 10 nitrogen and oxygen atoms in total. The highest BCUT2D eigenvalue weighted by Crippen LogP contribution is 2.36. The third kappa shape index (κ3) is 6.44. The van der Waals surface area contributed by atoms with E-state index in [1.807, 2.05) is 13.8 Å². The summed E-state index contributed by atoms with van der Waals surface area (Å²) in [4.78, 5) is 49.5. The van der Waals surface area contributed by atoms with E-state index < -0.39 is 51.6 Å². The van der Waals surface area contributed by atoms with Gasteiger partial charge in [0.2, 0.25) is 5.43 Å². The molecule has 38 heavy (non-hydrogen) atoms. The first kappa shape index (κ1) is 29.4. The number of aromatic nitrogens is 1. The molecule has 0 spiro atoms. The van der Waals surface area contributed by atoms with Crippen LogP contribution in [0.15, 0.2) is 29.2 Å². The van der Waals surface area contributed by atoms with Gasteiger partial charge in [-0.05, 0) is 40.2 Å². The lowest BCUT2D eigenvalue weighted by atomic mass is 9.77. The summed E-state index contributed by atoms with van der Waals surface area (Å²) in [7, 11) is 0. The van der Waals surface area contributed by atoms with Gasteiger partial charge in [-0.1, -0.05) is 11.3 Å². The number of nitrogens with zero attached hydrogens (tertiary/aromatic N) is 2. The minimum absolute atomic E-state index is 0.0136. The predicted octanol–water partition coefficient (Wildman–Crippen LogP) is 2.96. The van der Waals surface area contributed by atoms with Crippen LogP contribution in [-0.2, 0) is 27.5 Å². The summed E-state index contributed by atoms with van der Waals surface area (Å²) >= 11 is 0. The molecule has 1 aliphatic rings. The van der Waals surface area contributed by atoms with E-state index in [4.69, 9.17) is 14.4 Å². The van der Waals surface area contributed by atoms with Crippen molar-refractivity contribution in [1.82, 2.24) is 15.1 Å². The zero-order chi connectivity index (χ0) is 28.0. The fraction of sp³-hybridized carbons (Fsp3) is 0.500. The second-order valence-electron chi connectivity index (χ2n) is 9.30. The second-order valence-corrected chi connectivity index (χ2v) is 9.30. The number of ether oxygens (including phenoxy) is 1. The van der Waals surface area contributed by atoms with E-state index in [0.29, 0.717) is 32.2 Å². The number of halogens is 2. The third-order valence-corrected chi connectivity index (χ3v) is 6.27. The molecule has 0 bridgehead atoms. The van der Waals surface area contributed by atoms with Gasteiger partial charge in [-0.2, -0.15) is 0 Å². The normalized spacial score (nSPS) is 16.5. The van der Waals surface area contributed by atoms with E-state index in [-0.39, 0.29) is 31.0 Å². The molecule has 0 saturated carbocycles. The second kappa shape index (κ2) is 12.6. The number of rotatable bonds is 12. The lowest BCUT2D eigenvalue weighted by Crippen LogP contribution is -2.48. The molecule has 3 rings (SSSR count). The summed E-state index contributed by atoms with van der Waals surface area (Å²) in [5, 5.41) is 14.4. The highest BCUT2D eigenvalue weighted by Gasteiger charge is 2.45. The van der Waals surface area contributed by atoms with Gasteiger partial charge >= 0.3 is 0 Å². The van der Waals surface area contributed by atoms with Crippen LogP contribution in [0.2, 0.25) is 0 Å². The maximum Gasteiger partial charge on any atom is 0.257 e. The molecule has 1 aliphatic heterocycles. The van der Waals surface area contributed by atoms with E-state index in [1.54, 1.807) is 13.8 Å². The molecule has 1 amide bonds. The number of ketones is 1. The highest BCUT2D eigenvalue weighted by atomic mass is 19.1. The van der Waals surface area contributed by atoms with Crippen molar-refractivity contribution >= 4 is 11.7 Å². The van der Waals surface area contributed by atoms with Crippen LogP contribution in [0.3, 0.4) is 0 Å². The summed E-state index contributed by atoms with van der Waals surface area (Å²) in [5.74, 6) is -3.85. The Morgan fingerprint density at radius 2 is 1.89 bits per heavy atom. The molecule has 1 atom stereocenters. The monoisotopic (exact) mass is 537 g/mol. The standard InChI is InChI=1S/C26H33F2N3O7/c1-5-37-31(38-6-2)10-7-11-36-20-15-30-14-18(22(32)23(33)21(30)24(34)26(20,3)4)25(35)29-13-16-8-9-17(27)12-19(16)28/h8-9,12,14,20,33H,5-7,10-11,13,15H2,1-4H3,(H,29,35). The van der Waals surface area contributed by atoms with Crippen LogP contribution < -0.4 is 10.7 Å². The molecule has 0 radical (unpaired) electrons. The molecule has 0 fully saturated rings. The van der Waals surface area contributed by atoms with Gasteiger partial charge in [0.1, 0.15) is 22.9 Å². The van der Waals surface area contributed by atoms with Gasteiger partial charge in [-0.15, -0.1) is 0 Å².